The number of methoxy groups -OCH3 is 1. The number of pyridine rings is 2. The zero-order chi connectivity index (χ0) is 25.2. The van der Waals surface area contributed by atoms with Gasteiger partial charge in [-0.05, 0) is 24.3 Å². The van der Waals surface area contributed by atoms with Crippen molar-refractivity contribution in [2.45, 2.75) is 18.3 Å². The smallest absolute Gasteiger partial charge is 0.414 e. The molecular formula is C24H24N4O8. The molecule has 188 valence electrons. The maximum atomic E-state index is 12.6. The van der Waals surface area contributed by atoms with Gasteiger partial charge in [0.2, 0.25) is 5.88 Å². The highest BCUT2D eigenvalue weighted by Crippen LogP contribution is 2.35. The number of carbonyl (C=O) groups excluding carboxylic acids is 2. The summed E-state index contributed by atoms with van der Waals surface area (Å²) in [5, 5.41) is 23.7. The summed E-state index contributed by atoms with van der Waals surface area (Å²) >= 11 is 0. The predicted molar refractivity (Wildman–Crippen MR) is 125 cm³/mol. The molecule has 1 fully saturated rings. The van der Waals surface area contributed by atoms with E-state index in [1.807, 2.05) is 0 Å². The topological polar surface area (TPSA) is 153 Å². The Morgan fingerprint density at radius 2 is 2.00 bits per heavy atom. The monoisotopic (exact) mass is 496 g/mol. The molecule has 0 unspecified atom stereocenters. The van der Waals surface area contributed by atoms with E-state index in [-0.39, 0.29) is 18.7 Å². The third-order valence-corrected chi connectivity index (χ3v) is 5.90. The molecule has 3 aromatic rings. The summed E-state index contributed by atoms with van der Waals surface area (Å²) in [4.78, 5) is 34.9. The third-order valence-electron chi connectivity index (χ3n) is 5.90. The number of nitrogens with zero attached hydrogens (tertiary/aromatic N) is 3. The summed E-state index contributed by atoms with van der Waals surface area (Å²) in [5.74, 6) is 0.610. The van der Waals surface area contributed by atoms with E-state index in [0.29, 0.717) is 47.3 Å². The van der Waals surface area contributed by atoms with Crippen LogP contribution in [0.25, 0.3) is 11.0 Å². The summed E-state index contributed by atoms with van der Waals surface area (Å²) in [6, 6.07) is 9.88. The van der Waals surface area contributed by atoms with Crippen LogP contribution in [0.2, 0.25) is 0 Å². The van der Waals surface area contributed by atoms with Gasteiger partial charge in [-0.3, -0.25) is 14.7 Å². The Kier molecular flexibility index (Phi) is 6.44. The largest absolute Gasteiger partial charge is 0.486 e. The molecule has 1 aromatic carbocycles. The van der Waals surface area contributed by atoms with Gasteiger partial charge in [-0.1, -0.05) is 0 Å². The highest BCUT2D eigenvalue weighted by molar-refractivity contribution is 5.90. The summed E-state index contributed by atoms with van der Waals surface area (Å²) in [5.41, 5.74) is 1.56. The van der Waals surface area contributed by atoms with E-state index in [2.05, 4.69) is 15.3 Å². The highest BCUT2D eigenvalue weighted by atomic mass is 16.6. The SMILES string of the molecule is COc1ccc2nccc([C@@H](O)[C@H](O)C(=O)NC[C@H]3CN(c4ccc5c(c4)OCCO5)C(=O)O3)c2n1. The maximum Gasteiger partial charge on any atom is 0.414 e. The van der Waals surface area contributed by atoms with Gasteiger partial charge in [0.1, 0.15) is 25.4 Å². The van der Waals surface area contributed by atoms with Crippen LogP contribution in [0, 0.1) is 0 Å². The number of benzene rings is 1. The lowest BCUT2D eigenvalue weighted by molar-refractivity contribution is -0.135. The van der Waals surface area contributed by atoms with Gasteiger partial charge in [-0.15, -0.1) is 0 Å². The van der Waals surface area contributed by atoms with Gasteiger partial charge in [-0.25, -0.2) is 9.78 Å². The van der Waals surface area contributed by atoms with Gasteiger partial charge in [-0.2, -0.15) is 0 Å². The molecular weight excluding hydrogens is 472 g/mol. The first-order valence-electron chi connectivity index (χ1n) is 11.3. The molecule has 3 atom stereocenters. The first-order chi connectivity index (χ1) is 17.4. The molecule has 2 aromatic heterocycles. The minimum Gasteiger partial charge on any atom is -0.486 e. The Labute approximate surface area is 205 Å². The minimum absolute atomic E-state index is 0.0570. The van der Waals surface area contributed by atoms with Crippen molar-refractivity contribution in [2.24, 2.45) is 0 Å². The zero-order valence-electron chi connectivity index (χ0n) is 19.3. The lowest BCUT2D eigenvalue weighted by Gasteiger charge is -2.21. The van der Waals surface area contributed by atoms with E-state index < -0.39 is 30.3 Å². The van der Waals surface area contributed by atoms with Gasteiger partial charge in [0.25, 0.3) is 5.91 Å². The molecule has 2 aliphatic heterocycles. The normalized spacial score (nSPS) is 18.5. The van der Waals surface area contributed by atoms with Crippen molar-refractivity contribution in [3.8, 4) is 17.4 Å². The van der Waals surface area contributed by atoms with E-state index in [1.54, 1.807) is 30.3 Å². The lowest BCUT2D eigenvalue weighted by atomic mass is 10.0. The molecule has 0 bridgehead atoms. The van der Waals surface area contributed by atoms with Crippen molar-refractivity contribution >= 4 is 28.7 Å². The predicted octanol–water partition coefficient (Wildman–Crippen LogP) is 0.945. The van der Waals surface area contributed by atoms with Gasteiger partial charge in [0.15, 0.2) is 17.6 Å². The molecule has 12 heteroatoms. The summed E-state index contributed by atoms with van der Waals surface area (Å²) in [7, 11) is 1.45. The van der Waals surface area contributed by atoms with Crippen LogP contribution in [0.4, 0.5) is 10.5 Å². The first-order valence-corrected chi connectivity index (χ1v) is 11.3. The van der Waals surface area contributed by atoms with Gasteiger partial charge in [0, 0.05) is 23.9 Å². The third kappa shape index (κ3) is 4.55. The molecule has 1 saturated heterocycles. The number of hydrogen-bond donors (Lipinski definition) is 3. The number of rotatable bonds is 7. The summed E-state index contributed by atoms with van der Waals surface area (Å²) in [6.45, 7) is 1.000. The van der Waals surface area contributed by atoms with Crippen molar-refractivity contribution in [1.82, 2.24) is 15.3 Å². The summed E-state index contributed by atoms with van der Waals surface area (Å²) < 4.78 is 21.5. The second kappa shape index (κ2) is 9.84. The van der Waals surface area contributed by atoms with E-state index in [4.69, 9.17) is 18.9 Å². The molecule has 2 aliphatic rings. The van der Waals surface area contributed by atoms with Crippen molar-refractivity contribution in [3.63, 3.8) is 0 Å². The highest BCUT2D eigenvalue weighted by Gasteiger charge is 2.34. The second-order valence-electron chi connectivity index (χ2n) is 8.20. The fourth-order valence-electron chi connectivity index (χ4n) is 4.05. The van der Waals surface area contributed by atoms with Crippen molar-refractivity contribution in [2.75, 3.05) is 38.3 Å². The van der Waals surface area contributed by atoms with Crippen LogP contribution in [0.1, 0.15) is 11.7 Å². The zero-order valence-corrected chi connectivity index (χ0v) is 19.3. The fraction of sp³-hybridized carbons (Fsp3) is 0.333. The number of hydrogen-bond acceptors (Lipinski definition) is 10. The molecule has 12 nitrogen and oxygen atoms in total. The van der Waals surface area contributed by atoms with Crippen molar-refractivity contribution < 1.29 is 38.7 Å². The molecule has 36 heavy (non-hydrogen) atoms. The van der Waals surface area contributed by atoms with E-state index in [1.165, 1.54) is 24.3 Å². The van der Waals surface area contributed by atoms with Crippen LogP contribution in [0.15, 0.2) is 42.6 Å². The van der Waals surface area contributed by atoms with Crippen LogP contribution < -0.4 is 24.4 Å². The van der Waals surface area contributed by atoms with Crippen LogP contribution in [0.5, 0.6) is 17.4 Å². The number of fused-ring (bicyclic) bond motifs is 2. The molecule has 3 N–H and O–H groups in total. The van der Waals surface area contributed by atoms with Crippen molar-refractivity contribution in [3.05, 3.63) is 48.2 Å². The number of ether oxygens (including phenoxy) is 4. The Balaban J connectivity index is 1.22. The quantitative estimate of drug-likeness (QED) is 0.431. The Bertz CT molecular complexity index is 1300. The minimum atomic E-state index is -1.80. The average Bonchev–Trinajstić information content (AvgIpc) is 3.30. The molecule has 0 aliphatic carbocycles. The summed E-state index contributed by atoms with van der Waals surface area (Å²) in [6.07, 6.45) is -3.16. The maximum absolute atomic E-state index is 12.6. The molecule has 0 saturated carbocycles. The number of carbonyl (C=O) groups is 2. The number of aliphatic hydroxyl groups excluding tert-OH is 2. The number of cyclic esters (lactones) is 1. The molecule has 2 amide bonds. The van der Waals surface area contributed by atoms with E-state index in [9.17, 15) is 19.8 Å². The van der Waals surface area contributed by atoms with Crippen LogP contribution in [-0.4, -0.2) is 77.8 Å². The van der Waals surface area contributed by atoms with Crippen LogP contribution in [-0.2, 0) is 9.53 Å². The Morgan fingerprint density at radius 1 is 1.19 bits per heavy atom. The average molecular weight is 496 g/mol. The Morgan fingerprint density at radius 3 is 2.81 bits per heavy atom. The standard InChI is InChI=1S/C24H24N4O8/c1-33-19-5-3-16-20(27-19)15(6-7-25-16)21(29)22(30)23(31)26-11-14-12-28(24(32)36-14)13-2-4-17-18(10-13)35-9-8-34-17/h2-7,10,14,21-22,29-30H,8-9,11-12H2,1H3,(H,26,31)/t14-,21+,22-/m0/s1. The number of amides is 2. The van der Waals surface area contributed by atoms with Crippen molar-refractivity contribution in [1.29, 1.82) is 0 Å². The van der Waals surface area contributed by atoms with Crippen LogP contribution >= 0.6 is 0 Å². The van der Waals surface area contributed by atoms with Crippen LogP contribution in [0.3, 0.4) is 0 Å². The molecule has 5 rings (SSSR count). The van der Waals surface area contributed by atoms with Gasteiger partial charge < -0.3 is 34.5 Å². The number of anilines is 1. The van der Waals surface area contributed by atoms with E-state index in [0.717, 1.165) is 0 Å². The molecule has 0 radical (unpaired) electrons. The molecule has 0 spiro atoms. The lowest BCUT2D eigenvalue weighted by Crippen LogP contribution is -2.42. The van der Waals surface area contributed by atoms with Gasteiger partial charge in [0.05, 0.1) is 36.9 Å². The molecule has 4 heterocycles. The number of nitrogens with one attached hydrogen (secondary N) is 1. The number of aliphatic hydroxyl groups is 2. The van der Waals surface area contributed by atoms with E-state index >= 15 is 0 Å². The fourth-order valence-corrected chi connectivity index (χ4v) is 4.05. The Hall–Kier alpha value is -4.16. The second-order valence-corrected chi connectivity index (χ2v) is 8.20. The first kappa shape index (κ1) is 23.6. The number of aromatic nitrogens is 2. The van der Waals surface area contributed by atoms with Gasteiger partial charge >= 0.3 is 6.09 Å².